The Bertz CT molecular complexity index is 407. The number of pyridine rings is 1. The zero-order valence-electron chi connectivity index (χ0n) is 10.0. The lowest BCUT2D eigenvalue weighted by Gasteiger charge is -2.34. The van der Waals surface area contributed by atoms with Crippen LogP contribution in [0.3, 0.4) is 0 Å². The van der Waals surface area contributed by atoms with Crippen molar-refractivity contribution in [3.63, 3.8) is 0 Å². The van der Waals surface area contributed by atoms with Gasteiger partial charge in [0.05, 0.1) is 5.69 Å². The quantitative estimate of drug-likeness (QED) is 0.633. The van der Waals surface area contributed by atoms with Gasteiger partial charge in [-0.15, -0.1) is 0 Å². The molecule has 2 heterocycles. The van der Waals surface area contributed by atoms with Crippen molar-refractivity contribution in [2.45, 2.75) is 18.6 Å². The molecule has 1 aliphatic heterocycles. The van der Waals surface area contributed by atoms with Crippen molar-refractivity contribution in [3.05, 3.63) is 24.0 Å². The number of aromatic nitrogens is 1. The molecule has 3 N–H and O–H groups in total. The zero-order valence-corrected chi connectivity index (χ0v) is 10.8. The average Bonchev–Trinajstić information content (AvgIpc) is 2.39. The Hall–Kier alpha value is -1.23. The van der Waals surface area contributed by atoms with E-state index in [0.717, 1.165) is 24.5 Å². The molecule has 1 saturated heterocycles. The van der Waals surface area contributed by atoms with Crippen molar-refractivity contribution < 1.29 is 0 Å². The first-order valence-electron chi connectivity index (χ1n) is 5.88. The van der Waals surface area contributed by atoms with Gasteiger partial charge in [-0.05, 0) is 18.6 Å². The summed E-state index contributed by atoms with van der Waals surface area (Å²) < 4.78 is 0. The van der Waals surface area contributed by atoms with E-state index in [1.54, 1.807) is 6.20 Å². The van der Waals surface area contributed by atoms with E-state index in [2.05, 4.69) is 16.8 Å². The molecule has 0 bridgehead atoms. The van der Waals surface area contributed by atoms with Crippen molar-refractivity contribution >= 4 is 23.3 Å². The first-order chi connectivity index (χ1) is 8.22. The van der Waals surface area contributed by atoms with E-state index in [4.69, 9.17) is 11.1 Å². The Morgan fingerprint density at radius 2 is 2.53 bits per heavy atom. The highest BCUT2D eigenvalue weighted by atomic mass is 32.2. The Morgan fingerprint density at radius 1 is 1.71 bits per heavy atom. The maximum atomic E-state index is 7.57. The second-order valence-electron chi connectivity index (χ2n) is 4.13. The molecule has 1 aromatic heterocycles. The van der Waals surface area contributed by atoms with Crippen LogP contribution in [0.5, 0.6) is 0 Å². The van der Waals surface area contributed by atoms with E-state index < -0.39 is 0 Å². The largest absolute Gasteiger partial charge is 0.382 e. The molecule has 1 aromatic rings. The lowest BCUT2D eigenvalue weighted by atomic mass is 10.2. The Balaban J connectivity index is 2.24. The van der Waals surface area contributed by atoms with Crippen LogP contribution in [0.15, 0.2) is 18.3 Å². The lowest BCUT2D eigenvalue weighted by Crippen LogP contribution is -2.39. The van der Waals surface area contributed by atoms with Gasteiger partial charge in [0.25, 0.3) is 0 Å². The van der Waals surface area contributed by atoms with Crippen molar-refractivity contribution in [2.75, 3.05) is 23.7 Å². The molecule has 2 rings (SSSR count). The Kier molecular flexibility index (Phi) is 3.89. The highest BCUT2D eigenvalue weighted by Gasteiger charge is 2.21. The fourth-order valence-corrected chi connectivity index (χ4v) is 3.22. The number of nitrogen functional groups attached to an aromatic ring is 1. The van der Waals surface area contributed by atoms with E-state index in [9.17, 15) is 0 Å². The number of nitrogens with two attached hydrogens (primary N) is 1. The number of thioether (sulfide) groups is 1. The first kappa shape index (κ1) is 12.2. The van der Waals surface area contributed by atoms with E-state index >= 15 is 0 Å². The Morgan fingerprint density at radius 3 is 3.24 bits per heavy atom. The van der Waals surface area contributed by atoms with Crippen LogP contribution >= 0.6 is 11.8 Å². The molecule has 0 aromatic carbocycles. The number of nitrogens with one attached hydrogen (secondary N) is 1. The number of hydrogen-bond donors (Lipinski definition) is 2. The molecule has 0 spiro atoms. The summed E-state index contributed by atoms with van der Waals surface area (Å²) in [6.07, 6.45) is 2.87. The highest BCUT2D eigenvalue weighted by Crippen LogP contribution is 2.27. The average molecular weight is 250 g/mol. The fourth-order valence-electron chi connectivity index (χ4n) is 2.04. The summed E-state index contributed by atoms with van der Waals surface area (Å²) >= 11 is 2.03. The van der Waals surface area contributed by atoms with Crippen LogP contribution in [0.2, 0.25) is 0 Å². The molecular weight excluding hydrogens is 232 g/mol. The molecule has 0 radical (unpaired) electrons. The summed E-state index contributed by atoms with van der Waals surface area (Å²) in [5.74, 6) is 1.18. The number of rotatable bonds is 3. The van der Waals surface area contributed by atoms with Crippen molar-refractivity contribution in [1.29, 1.82) is 5.41 Å². The molecule has 1 aliphatic rings. The lowest BCUT2D eigenvalue weighted by molar-refractivity contribution is 0.726. The summed E-state index contributed by atoms with van der Waals surface area (Å²) in [5.41, 5.74) is 7.18. The van der Waals surface area contributed by atoms with Gasteiger partial charge in [0.1, 0.15) is 11.5 Å². The Labute approximate surface area is 106 Å². The molecule has 1 unspecified atom stereocenters. The number of hydrogen-bond acceptors (Lipinski definition) is 4. The minimum absolute atomic E-state index is 0.0480. The van der Waals surface area contributed by atoms with Crippen LogP contribution in [0.4, 0.5) is 5.69 Å². The van der Waals surface area contributed by atoms with Gasteiger partial charge in [-0.1, -0.05) is 6.92 Å². The van der Waals surface area contributed by atoms with Gasteiger partial charge >= 0.3 is 0 Å². The number of anilines is 1. The van der Waals surface area contributed by atoms with E-state index in [1.807, 2.05) is 23.9 Å². The molecule has 17 heavy (non-hydrogen) atoms. The third-order valence-electron chi connectivity index (χ3n) is 2.98. The van der Waals surface area contributed by atoms with Crippen LogP contribution in [-0.4, -0.2) is 34.9 Å². The molecule has 0 aliphatic carbocycles. The number of amidine groups is 1. The van der Waals surface area contributed by atoms with Crippen LogP contribution < -0.4 is 10.6 Å². The summed E-state index contributed by atoms with van der Waals surface area (Å²) in [4.78, 5) is 6.51. The second-order valence-corrected chi connectivity index (χ2v) is 5.54. The SMILES string of the molecule is CCC1CN(c2cccnc2C(=N)N)CCS1. The second kappa shape index (κ2) is 5.40. The van der Waals surface area contributed by atoms with Gasteiger partial charge in [-0.3, -0.25) is 10.4 Å². The first-order valence-corrected chi connectivity index (χ1v) is 6.93. The van der Waals surface area contributed by atoms with E-state index in [-0.39, 0.29) is 5.84 Å². The van der Waals surface area contributed by atoms with Crippen molar-refractivity contribution in [2.24, 2.45) is 5.73 Å². The van der Waals surface area contributed by atoms with Gasteiger partial charge in [-0.2, -0.15) is 11.8 Å². The van der Waals surface area contributed by atoms with Gasteiger partial charge < -0.3 is 10.6 Å². The van der Waals surface area contributed by atoms with E-state index in [1.165, 1.54) is 6.42 Å². The summed E-state index contributed by atoms with van der Waals surface area (Å²) in [7, 11) is 0. The standard InChI is InChI=1S/C12H18N4S/c1-2-9-8-16(6-7-17-9)10-4-3-5-15-11(10)12(13)14/h3-5,9H,2,6-8H2,1H3,(H3,13,14). The molecule has 1 atom stereocenters. The molecule has 0 amide bonds. The van der Waals surface area contributed by atoms with E-state index in [0.29, 0.717) is 10.9 Å². The van der Waals surface area contributed by atoms with Crippen molar-refractivity contribution in [3.8, 4) is 0 Å². The minimum atomic E-state index is 0.0480. The maximum Gasteiger partial charge on any atom is 0.143 e. The summed E-state index contributed by atoms with van der Waals surface area (Å²) in [5, 5.41) is 8.24. The molecule has 4 nitrogen and oxygen atoms in total. The van der Waals surface area contributed by atoms with Gasteiger partial charge in [0.15, 0.2) is 0 Å². The van der Waals surface area contributed by atoms with Gasteiger partial charge in [0.2, 0.25) is 0 Å². The predicted octanol–water partition coefficient (Wildman–Crippen LogP) is 1.70. The van der Waals surface area contributed by atoms with Gasteiger partial charge in [0, 0.05) is 30.3 Å². The summed E-state index contributed by atoms with van der Waals surface area (Å²) in [6.45, 7) is 4.25. The number of nitrogens with zero attached hydrogens (tertiary/aromatic N) is 2. The third kappa shape index (κ3) is 2.72. The molecule has 5 heteroatoms. The van der Waals surface area contributed by atoms with Gasteiger partial charge in [-0.25, -0.2) is 0 Å². The minimum Gasteiger partial charge on any atom is -0.382 e. The molecule has 0 saturated carbocycles. The third-order valence-corrected chi connectivity index (χ3v) is 4.35. The normalized spacial score (nSPS) is 20.3. The monoisotopic (exact) mass is 250 g/mol. The molecule has 92 valence electrons. The highest BCUT2D eigenvalue weighted by molar-refractivity contribution is 8.00. The topological polar surface area (TPSA) is 66.0 Å². The smallest absolute Gasteiger partial charge is 0.143 e. The molecule has 1 fully saturated rings. The van der Waals surface area contributed by atoms with Crippen LogP contribution in [0, 0.1) is 5.41 Å². The fraction of sp³-hybridized carbons (Fsp3) is 0.500. The summed E-state index contributed by atoms with van der Waals surface area (Å²) in [6, 6.07) is 3.91. The van der Waals surface area contributed by atoms with Crippen molar-refractivity contribution in [1.82, 2.24) is 4.98 Å². The zero-order chi connectivity index (χ0) is 12.3. The molecular formula is C12H18N4S. The van der Waals surface area contributed by atoms with Crippen LogP contribution in [0.1, 0.15) is 19.0 Å². The van der Waals surface area contributed by atoms with Crippen LogP contribution in [-0.2, 0) is 0 Å². The predicted molar refractivity (Wildman–Crippen MR) is 74.0 cm³/mol. The maximum absolute atomic E-state index is 7.57. The van der Waals surface area contributed by atoms with Crippen LogP contribution in [0.25, 0.3) is 0 Å².